The molecule has 0 spiro atoms. The van der Waals surface area contributed by atoms with E-state index in [0.29, 0.717) is 0 Å². The van der Waals surface area contributed by atoms with E-state index in [-0.39, 0.29) is 6.61 Å². The third-order valence-electron chi connectivity index (χ3n) is 3.01. The molecule has 0 aliphatic rings. The largest absolute Gasteiger partial charge is 0.392 e. The fourth-order valence-corrected chi connectivity index (χ4v) is 2.07. The van der Waals surface area contributed by atoms with E-state index in [2.05, 4.69) is 23.4 Å². The number of para-hydroxylation sites is 1. The fraction of sp³-hybridized carbons (Fsp3) is 0.267. The second-order valence-electron chi connectivity index (χ2n) is 4.14. The van der Waals surface area contributed by atoms with E-state index in [1.54, 1.807) is 0 Å². The van der Waals surface area contributed by atoms with Crippen molar-refractivity contribution < 1.29 is 5.11 Å². The monoisotopic (exact) mass is 242 g/mol. The number of rotatable bonds is 5. The Hall–Kier alpha value is -1.87. The summed E-state index contributed by atoms with van der Waals surface area (Å²) in [5.74, 6) is 0.889. The van der Waals surface area contributed by atoms with Crippen molar-refractivity contribution in [2.24, 2.45) is 0 Å². The van der Waals surface area contributed by atoms with Gasteiger partial charge in [-0.1, -0.05) is 24.3 Å². The van der Waals surface area contributed by atoms with Crippen LogP contribution in [-0.4, -0.2) is 23.2 Å². The van der Waals surface area contributed by atoms with Gasteiger partial charge in [0.25, 0.3) is 0 Å². The minimum absolute atomic E-state index is 0.0294. The van der Waals surface area contributed by atoms with Crippen LogP contribution in [0, 0.1) is 0 Å². The Balaban J connectivity index is 2.55. The van der Waals surface area contributed by atoms with Crippen LogP contribution in [0.4, 0.5) is 5.82 Å². The average Bonchev–Trinajstić information content (AvgIpc) is 2.43. The second-order valence-corrected chi connectivity index (χ2v) is 4.14. The number of anilines is 1. The van der Waals surface area contributed by atoms with E-state index in [0.717, 1.165) is 35.4 Å². The Morgan fingerprint density at radius 3 is 2.83 bits per heavy atom. The van der Waals surface area contributed by atoms with Crippen LogP contribution in [0.3, 0.4) is 0 Å². The maximum Gasteiger partial charge on any atom is 0.129 e. The predicted octanol–water partition coefficient (Wildman–Crippen LogP) is 2.74. The van der Waals surface area contributed by atoms with Crippen LogP contribution in [-0.2, 0) is 6.61 Å². The zero-order valence-electron chi connectivity index (χ0n) is 10.6. The highest BCUT2D eigenvalue weighted by Crippen LogP contribution is 2.22. The van der Waals surface area contributed by atoms with E-state index < -0.39 is 0 Å². The molecule has 0 aliphatic heterocycles. The summed E-state index contributed by atoms with van der Waals surface area (Å²) in [4.78, 5) is 6.76. The summed E-state index contributed by atoms with van der Waals surface area (Å²) in [6, 6.07) is 9.84. The minimum atomic E-state index is 0.0294. The standard InChI is InChI=1S/C15H18N2O/c1-3-9-17(4-2)15-10-12(11-18)13-7-5-6-8-14(13)16-15/h3,5-8,10,18H,1,4,9,11H2,2H3. The molecule has 0 bridgehead atoms. The molecule has 18 heavy (non-hydrogen) atoms. The minimum Gasteiger partial charge on any atom is -0.392 e. The van der Waals surface area contributed by atoms with Crippen LogP contribution in [0.1, 0.15) is 12.5 Å². The first-order chi connectivity index (χ1) is 8.80. The Kier molecular flexibility index (Phi) is 3.95. The highest BCUT2D eigenvalue weighted by molar-refractivity contribution is 5.84. The number of nitrogens with zero attached hydrogens (tertiary/aromatic N) is 2. The molecule has 0 fully saturated rings. The predicted molar refractivity (Wildman–Crippen MR) is 75.7 cm³/mol. The molecule has 1 aromatic heterocycles. The molecule has 1 N–H and O–H groups in total. The Morgan fingerprint density at radius 1 is 1.39 bits per heavy atom. The molecule has 0 saturated heterocycles. The van der Waals surface area contributed by atoms with Gasteiger partial charge in [0.05, 0.1) is 12.1 Å². The van der Waals surface area contributed by atoms with Crippen molar-refractivity contribution in [3.05, 3.63) is 48.6 Å². The molecule has 1 heterocycles. The van der Waals surface area contributed by atoms with Gasteiger partial charge >= 0.3 is 0 Å². The van der Waals surface area contributed by atoms with Crippen LogP contribution in [0.15, 0.2) is 43.0 Å². The second kappa shape index (κ2) is 5.65. The van der Waals surface area contributed by atoms with Gasteiger partial charge in [-0.15, -0.1) is 6.58 Å². The lowest BCUT2D eigenvalue weighted by Crippen LogP contribution is -2.23. The van der Waals surface area contributed by atoms with E-state index in [4.69, 9.17) is 0 Å². The SMILES string of the molecule is C=CCN(CC)c1cc(CO)c2ccccc2n1. The molecule has 2 aromatic rings. The van der Waals surface area contributed by atoms with Gasteiger partial charge in [-0.25, -0.2) is 4.98 Å². The van der Waals surface area contributed by atoms with Gasteiger partial charge in [0.2, 0.25) is 0 Å². The lowest BCUT2D eigenvalue weighted by Gasteiger charge is -2.21. The molecule has 94 valence electrons. The van der Waals surface area contributed by atoms with Gasteiger partial charge in [-0.2, -0.15) is 0 Å². The number of hydrogen-bond donors (Lipinski definition) is 1. The zero-order valence-corrected chi connectivity index (χ0v) is 10.6. The van der Waals surface area contributed by atoms with E-state index in [1.165, 1.54) is 0 Å². The van der Waals surface area contributed by atoms with Crippen LogP contribution >= 0.6 is 0 Å². The maximum atomic E-state index is 9.48. The van der Waals surface area contributed by atoms with Crippen molar-refractivity contribution in [3.8, 4) is 0 Å². The number of aliphatic hydroxyl groups excluding tert-OH is 1. The lowest BCUT2D eigenvalue weighted by atomic mass is 10.1. The summed E-state index contributed by atoms with van der Waals surface area (Å²) in [6.07, 6.45) is 1.86. The zero-order chi connectivity index (χ0) is 13.0. The Bertz CT molecular complexity index is 551. The fourth-order valence-electron chi connectivity index (χ4n) is 2.07. The van der Waals surface area contributed by atoms with Crippen molar-refractivity contribution in [3.63, 3.8) is 0 Å². The molecule has 2 rings (SSSR count). The molecule has 3 nitrogen and oxygen atoms in total. The number of aliphatic hydroxyl groups is 1. The maximum absolute atomic E-state index is 9.48. The number of fused-ring (bicyclic) bond motifs is 1. The molecule has 0 radical (unpaired) electrons. The van der Waals surface area contributed by atoms with Crippen molar-refractivity contribution >= 4 is 16.7 Å². The molecule has 0 amide bonds. The Morgan fingerprint density at radius 2 is 2.17 bits per heavy atom. The van der Waals surface area contributed by atoms with Crippen LogP contribution < -0.4 is 4.90 Å². The third kappa shape index (κ3) is 2.36. The number of hydrogen-bond acceptors (Lipinski definition) is 3. The number of benzene rings is 1. The van der Waals surface area contributed by atoms with Crippen molar-refractivity contribution in [2.45, 2.75) is 13.5 Å². The molecular formula is C15H18N2O. The summed E-state index contributed by atoms with van der Waals surface area (Å²) in [7, 11) is 0. The molecular weight excluding hydrogens is 224 g/mol. The van der Waals surface area contributed by atoms with Gasteiger partial charge in [0, 0.05) is 18.5 Å². The topological polar surface area (TPSA) is 36.4 Å². The van der Waals surface area contributed by atoms with Gasteiger partial charge < -0.3 is 10.0 Å². The number of aromatic nitrogens is 1. The molecule has 0 saturated carbocycles. The first-order valence-corrected chi connectivity index (χ1v) is 6.15. The van der Waals surface area contributed by atoms with E-state index in [9.17, 15) is 5.11 Å². The number of likely N-dealkylation sites (N-methyl/N-ethyl adjacent to an activating group) is 1. The average molecular weight is 242 g/mol. The van der Waals surface area contributed by atoms with Crippen molar-refractivity contribution in [1.82, 2.24) is 4.98 Å². The first-order valence-electron chi connectivity index (χ1n) is 6.15. The summed E-state index contributed by atoms with van der Waals surface area (Å²) >= 11 is 0. The summed E-state index contributed by atoms with van der Waals surface area (Å²) in [5, 5.41) is 10.5. The van der Waals surface area contributed by atoms with Crippen molar-refractivity contribution in [1.29, 1.82) is 0 Å². The van der Waals surface area contributed by atoms with E-state index in [1.807, 2.05) is 36.4 Å². The van der Waals surface area contributed by atoms with Gasteiger partial charge in [-0.3, -0.25) is 0 Å². The highest BCUT2D eigenvalue weighted by atomic mass is 16.3. The summed E-state index contributed by atoms with van der Waals surface area (Å²) in [6.45, 7) is 7.49. The highest BCUT2D eigenvalue weighted by Gasteiger charge is 2.09. The number of pyridine rings is 1. The summed E-state index contributed by atoms with van der Waals surface area (Å²) < 4.78 is 0. The van der Waals surface area contributed by atoms with Gasteiger partial charge in [0.15, 0.2) is 0 Å². The molecule has 0 aliphatic carbocycles. The van der Waals surface area contributed by atoms with Crippen LogP contribution in [0.25, 0.3) is 10.9 Å². The third-order valence-corrected chi connectivity index (χ3v) is 3.01. The van der Waals surface area contributed by atoms with Gasteiger partial charge in [-0.05, 0) is 24.6 Å². The summed E-state index contributed by atoms with van der Waals surface area (Å²) in [5.41, 5.74) is 1.83. The van der Waals surface area contributed by atoms with Crippen LogP contribution in [0.5, 0.6) is 0 Å². The van der Waals surface area contributed by atoms with Crippen LogP contribution in [0.2, 0.25) is 0 Å². The molecule has 1 aromatic carbocycles. The first kappa shape index (κ1) is 12.6. The van der Waals surface area contributed by atoms with Crippen molar-refractivity contribution in [2.75, 3.05) is 18.0 Å². The lowest BCUT2D eigenvalue weighted by molar-refractivity contribution is 0.283. The normalized spacial score (nSPS) is 10.6. The van der Waals surface area contributed by atoms with Gasteiger partial charge in [0.1, 0.15) is 5.82 Å². The smallest absolute Gasteiger partial charge is 0.129 e. The Labute approximate surface area is 107 Å². The van der Waals surface area contributed by atoms with E-state index >= 15 is 0 Å². The quantitative estimate of drug-likeness (QED) is 0.819. The molecule has 0 unspecified atom stereocenters. The molecule has 0 atom stereocenters. The molecule has 3 heteroatoms.